The van der Waals surface area contributed by atoms with E-state index < -0.39 is 0 Å². The van der Waals surface area contributed by atoms with Gasteiger partial charge in [-0.3, -0.25) is 9.59 Å². The number of benzene rings is 2. The molecule has 1 heterocycles. The maximum Gasteiger partial charge on any atom is 0.253 e. The van der Waals surface area contributed by atoms with Crippen molar-refractivity contribution in [1.29, 1.82) is 0 Å². The minimum atomic E-state index is -0.110. The fraction of sp³-hybridized carbons (Fsp3) is 0.364. The van der Waals surface area contributed by atoms with Crippen molar-refractivity contribution < 1.29 is 9.59 Å². The first-order valence-electron chi connectivity index (χ1n) is 9.51. The summed E-state index contributed by atoms with van der Waals surface area (Å²) in [6, 6.07) is 15.0. The molecular weight excluding hydrogens is 338 g/mol. The molecule has 0 aliphatic carbocycles. The van der Waals surface area contributed by atoms with Crippen molar-refractivity contribution in [2.45, 2.75) is 26.7 Å². The maximum absolute atomic E-state index is 12.6. The molecule has 1 aliphatic heterocycles. The number of carbonyl (C=O) groups excluding carboxylic acids is 2. The lowest BCUT2D eigenvalue weighted by atomic mass is 9.98. The molecule has 0 bridgehead atoms. The molecule has 2 N–H and O–H groups in total. The summed E-state index contributed by atoms with van der Waals surface area (Å²) in [6.07, 6.45) is 2.14. The Hall–Kier alpha value is -2.82. The molecule has 0 atom stereocenters. The standard InChI is InChI=1S/C22H27N3O2/c1-16-3-7-20(8-4-16)24-21(26)15-23-19-9-5-18(6-10-19)22(27)25-13-11-17(2)12-14-25/h3-10,17,23H,11-15H2,1-2H3,(H,24,26). The zero-order valence-electron chi connectivity index (χ0n) is 16.0. The van der Waals surface area contributed by atoms with E-state index in [9.17, 15) is 9.59 Å². The average Bonchev–Trinajstić information content (AvgIpc) is 2.69. The molecule has 0 aromatic heterocycles. The predicted octanol–water partition coefficient (Wildman–Crippen LogP) is 3.92. The Bertz CT molecular complexity index is 776. The van der Waals surface area contributed by atoms with Gasteiger partial charge in [-0.25, -0.2) is 0 Å². The minimum Gasteiger partial charge on any atom is -0.376 e. The van der Waals surface area contributed by atoms with Crippen molar-refractivity contribution in [2.75, 3.05) is 30.3 Å². The van der Waals surface area contributed by atoms with Crippen molar-refractivity contribution in [3.8, 4) is 0 Å². The predicted molar refractivity (Wildman–Crippen MR) is 109 cm³/mol. The van der Waals surface area contributed by atoms with Crippen LogP contribution in [-0.2, 0) is 4.79 Å². The number of hydrogen-bond donors (Lipinski definition) is 2. The van der Waals surface area contributed by atoms with Crippen LogP contribution in [0.5, 0.6) is 0 Å². The van der Waals surface area contributed by atoms with E-state index in [2.05, 4.69) is 17.6 Å². The maximum atomic E-state index is 12.6. The number of anilines is 2. The van der Waals surface area contributed by atoms with E-state index in [-0.39, 0.29) is 18.4 Å². The zero-order valence-corrected chi connectivity index (χ0v) is 16.0. The fourth-order valence-corrected chi connectivity index (χ4v) is 3.15. The normalized spacial score (nSPS) is 14.7. The highest BCUT2D eigenvalue weighted by Crippen LogP contribution is 2.19. The molecule has 0 spiro atoms. The molecule has 3 rings (SSSR count). The number of carbonyl (C=O) groups is 2. The molecule has 2 amide bonds. The Labute approximate surface area is 160 Å². The second kappa shape index (κ2) is 8.71. The third-order valence-electron chi connectivity index (χ3n) is 4.99. The summed E-state index contributed by atoms with van der Waals surface area (Å²) < 4.78 is 0. The van der Waals surface area contributed by atoms with Crippen LogP contribution in [0.15, 0.2) is 48.5 Å². The monoisotopic (exact) mass is 365 g/mol. The molecule has 142 valence electrons. The number of nitrogens with one attached hydrogen (secondary N) is 2. The van der Waals surface area contributed by atoms with Crippen molar-refractivity contribution in [3.63, 3.8) is 0 Å². The van der Waals surface area contributed by atoms with Gasteiger partial charge in [0.2, 0.25) is 5.91 Å². The van der Waals surface area contributed by atoms with E-state index in [0.29, 0.717) is 11.5 Å². The Morgan fingerprint density at radius 3 is 2.19 bits per heavy atom. The van der Waals surface area contributed by atoms with Crippen LogP contribution in [0.3, 0.4) is 0 Å². The van der Waals surface area contributed by atoms with Crippen LogP contribution in [0.4, 0.5) is 11.4 Å². The fourth-order valence-electron chi connectivity index (χ4n) is 3.15. The van der Waals surface area contributed by atoms with Gasteiger partial charge in [0, 0.05) is 30.0 Å². The van der Waals surface area contributed by atoms with Crippen LogP contribution in [0.2, 0.25) is 0 Å². The van der Waals surface area contributed by atoms with Crippen molar-refractivity contribution in [3.05, 3.63) is 59.7 Å². The van der Waals surface area contributed by atoms with E-state index >= 15 is 0 Å². The Morgan fingerprint density at radius 2 is 1.56 bits per heavy atom. The van der Waals surface area contributed by atoms with Crippen LogP contribution in [0.25, 0.3) is 0 Å². The van der Waals surface area contributed by atoms with E-state index in [0.717, 1.165) is 42.9 Å². The van der Waals surface area contributed by atoms with E-state index in [1.165, 1.54) is 0 Å². The van der Waals surface area contributed by atoms with Crippen LogP contribution in [0, 0.1) is 12.8 Å². The van der Waals surface area contributed by atoms with Crippen LogP contribution >= 0.6 is 0 Å². The summed E-state index contributed by atoms with van der Waals surface area (Å²) in [4.78, 5) is 26.5. The Balaban J connectivity index is 1.49. The topological polar surface area (TPSA) is 61.4 Å². The summed E-state index contributed by atoms with van der Waals surface area (Å²) in [5, 5.41) is 5.94. The highest BCUT2D eigenvalue weighted by molar-refractivity contribution is 5.95. The highest BCUT2D eigenvalue weighted by atomic mass is 16.2. The molecule has 5 heteroatoms. The summed E-state index contributed by atoms with van der Waals surface area (Å²) >= 11 is 0. The first kappa shape index (κ1) is 19.0. The van der Waals surface area contributed by atoms with Gasteiger partial charge in [0.05, 0.1) is 6.54 Å². The molecule has 0 radical (unpaired) electrons. The van der Waals surface area contributed by atoms with Gasteiger partial charge in [0.1, 0.15) is 0 Å². The molecule has 1 saturated heterocycles. The van der Waals surface area contributed by atoms with Crippen LogP contribution in [0.1, 0.15) is 35.7 Å². The van der Waals surface area contributed by atoms with Gasteiger partial charge in [-0.05, 0) is 62.1 Å². The van der Waals surface area contributed by atoms with Crippen LogP contribution < -0.4 is 10.6 Å². The average molecular weight is 365 g/mol. The van der Waals surface area contributed by atoms with Gasteiger partial charge < -0.3 is 15.5 Å². The lowest BCUT2D eigenvalue weighted by Crippen LogP contribution is -2.37. The molecule has 2 aromatic rings. The number of nitrogens with zero attached hydrogens (tertiary/aromatic N) is 1. The smallest absolute Gasteiger partial charge is 0.253 e. The number of likely N-dealkylation sites (tertiary alicyclic amines) is 1. The van der Waals surface area contributed by atoms with Crippen molar-refractivity contribution >= 4 is 23.2 Å². The van der Waals surface area contributed by atoms with Crippen molar-refractivity contribution in [1.82, 2.24) is 4.90 Å². The summed E-state index contributed by atoms with van der Waals surface area (Å²) in [6.45, 7) is 6.08. The van der Waals surface area contributed by atoms with Crippen molar-refractivity contribution in [2.24, 2.45) is 5.92 Å². The molecule has 5 nitrogen and oxygen atoms in total. The zero-order chi connectivity index (χ0) is 19.2. The number of amides is 2. The first-order valence-corrected chi connectivity index (χ1v) is 9.51. The Kier molecular flexibility index (Phi) is 6.12. The number of hydrogen-bond acceptors (Lipinski definition) is 3. The van der Waals surface area contributed by atoms with E-state index in [4.69, 9.17) is 0 Å². The summed E-state index contributed by atoms with van der Waals surface area (Å²) in [7, 11) is 0. The van der Waals surface area contributed by atoms with Gasteiger partial charge in [0.15, 0.2) is 0 Å². The lowest BCUT2D eigenvalue weighted by Gasteiger charge is -2.30. The lowest BCUT2D eigenvalue weighted by molar-refractivity contribution is -0.114. The summed E-state index contributed by atoms with van der Waals surface area (Å²) in [5.41, 5.74) is 3.45. The molecular formula is C22H27N3O2. The van der Waals surface area contributed by atoms with E-state index in [1.807, 2.05) is 60.4 Å². The molecule has 1 aliphatic rings. The highest BCUT2D eigenvalue weighted by Gasteiger charge is 2.21. The Morgan fingerprint density at radius 1 is 0.963 bits per heavy atom. The third-order valence-corrected chi connectivity index (χ3v) is 4.99. The largest absolute Gasteiger partial charge is 0.376 e. The van der Waals surface area contributed by atoms with Gasteiger partial charge in [-0.2, -0.15) is 0 Å². The van der Waals surface area contributed by atoms with Gasteiger partial charge in [-0.1, -0.05) is 24.6 Å². The SMILES string of the molecule is Cc1ccc(NC(=O)CNc2ccc(C(=O)N3CCC(C)CC3)cc2)cc1. The quantitative estimate of drug-likeness (QED) is 0.844. The molecule has 0 unspecified atom stereocenters. The second-order valence-electron chi connectivity index (χ2n) is 7.32. The van der Waals surface area contributed by atoms with E-state index in [1.54, 1.807) is 0 Å². The van der Waals surface area contributed by atoms with Gasteiger partial charge in [0.25, 0.3) is 5.91 Å². The molecule has 2 aromatic carbocycles. The first-order chi connectivity index (χ1) is 13.0. The summed E-state index contributed by atoms with van der Waals surface area (Å²) in [5.74, 6) is 0.679. The molecule has 0 saturated carbocycles. The second-order valence-corrected chi connectivity index (χ2v) is 7.32. The number of aryl methyl sites for hydroxylation is 1. The number of rotatable bonds is 5. The minimum absolute atomic E-state index is 0.0885. The molecule has 27 heavy (non-hydrogen) atoms. The third kappa shape index (κ3) is 5.33. The molecule has 1 fully saturated rings. The van der Waals surface area contributed by atoms with Gasteiger partial charge in [-0.15, -0.1) is 0 Å². The van der Waals surface area contributed by atoms with Gasteiger partial charge >= 0.3 is 0 Å². The number of piperidine rings is 1. The van der Waals surface area contributed by atoms with Crippen LogP contribution in [-0.4, -0.2) is 36.3 Å².